The maximum Gasteiger partial charge on any atom is 0.308 e. The fourth-order valence-corrected chi connectivity index (χ4v) is 1.72. The summed E-state index contributed by atoms with van der Waals surface area (Å²) in [5.41, 5.74) is 0. The van der Waals surface area contributed by atoms with Gasteiger partial charge < -0.3 is 14.9 Å². The number of carboxylic acids is 1. The van der Waals surface area contributed by atoms with Crippen molar-refractivity contribution in [2.75, 3.05) is 0 Å². The predicted molar refractivity (Wildman–Crippen MR) is 67.5 cm³/mol. The molecule has 0 rings (SSSR count). The van der Waals surface area contributed by atoms with Gasteiger partial charge in [-0.1, -0.05) is 6.92 Å². The average Bonchev–Trinajstić information content (AvgIpc) is 2.12. The molecule has 0 saturated heterocycles. The molecule has 0 aliphatic heterocycles. The molecule has 2 N–H and O–H groups in total. The first-order valence-corrected chi connectivity index (χ1v) is 6.31. The molecule has 0 unspecified atom stereocenters. The second-order valence-corrected chi connectivity index (χ2v) is 5.00. The highest BCUT2D eigenvalue weighted by Gasteiger charge is 2.18. The Morgan fingerprint density at radius 2 is 1.58 bits per heavy atom. The molecular formula is C13H22O6. The largest absolute Gasteiger partial charge is 0.481 e. The molecule has 0 fully saturated rings. The van der Waals surface area contributed by atoms with Crippen molar-refractivity contribution in [2.45, 2.75) is 58.7 Å². The minimum absolute atomic E-state index is 0.0536. The van der Waals surface area contributed by atoms with Crippen LogP contribution >= 0.6 is 0 Å². The van der Waals surface area contributed by atoms with E-state index in [1.165, 1.54) is 6.92 Å². The van der Waals surface area contributed by atoms with Crippen LogP contribution < -0.4 is 0 Å². The van der Waals surface area contributed by atoms with E-state index < -0.39 is 24.1 Å². The molecule has 0 bridgehead atoms. The van der Waals surface area contributed by atoms with E-state index >= 15 is 0 Å². The summed E-state index contributed by atoms with van der Waals surface area (Å²) >= 11 is 0. The smallest absolute Gasteiger partial charge is 0.308 e. The fraction of sp³-hybridized carbons (Fsp3) is 0.769. The van der Waals surface area contributed by atoms with Gasteiger partial charge in [-0.3, -0.25) is 14.4 Å². The van der Waals surface area contributed by atoms with Gasteiger partial charge in [0.1, 0.15) is 11.9 Å². The molecule has 0 aliphatic rings. The van der Waals surface area contributed by atoms with Gasteiger partial charge in [0.2, 0.25) is 0 Å². The van der Waals surface area contributed by atoms with E-state index in [-0.39, 0.29) is 37.4 Å². The summed E-state index contributed by atoms with van der Waals surface area (Å²) in [6.45, 7) is 4.76. The lowest BCUT2D eigenvalue weighted by molar-refractivity contribution is -0.151. The molecule has 0 heterocycles. The van der Waals surface area contributed by atoms with Crippen LogP contribution in [0, 0.1) is 5.92 Å². The molecule has 19 heavy (non-hydrogen) atoms. The van der Waals surface area contributed by atoms with Crippen LogP contribution in [0.5, 0.6) is 0 Å². The SMILES string of the molecule is C[C@H](CC(=O)O)CC(=O)C[C@@H](C)OC(=O)C[C@@H](C)O. The molecule has 0 spiro atoms. The first-order chi connectivity index (χ1) is 8.70. The normalized spacial score (nSPS) is 15.4. The Morgan fingerprint density at radius 3 is 2.05 bits per heavy atom. The summed E-state index contributed by atoms with van der Waals surface area (Å²) in [4.78, 5) is 33.3. The zero-order valence-electron chi connectivity index (χ0n) is 11.6. The number of aliphatic hydroxyl groups is 1. The van der Waals surface area contributed by atoms with Crippen molar-refractivity contribution < 1.29 is 29.3 Å². The molecule has 0 aliphatic carbocycles. The lowest BCUT2D eigenvalue weighted by atomic mass is 9.98. The van der Waals surface area contributed by atoms with Crippen molar-refractivity contribution in [3.63, 3.8) is 0 Å². The molecule has 6 nitrogen and oxygen atoms in total. The Hall–Kier alpha value is -1.43. The van der Waals surface area contributed by atoms with Gasteiger partial charge in [0.15, 0.2) is 0 Å². The summed E-state index contributed by atoms with van der Waals surface area (Å²) < 4.78 is 4.96. The standard InChI is InChI=1S/C13H22O6/c1-8(5-12(16)17)4-11(15)7-10(3)19-13(18)6-9(2)14/h8-10,14H,4-7H2,1-3H3,(H,16,17)/t8-,9+,10+/m0/s1. The number of Topliss-reactive ketones (excluding diaryl/α,β-unsaturated/α-hetero) is 1. The second kappa shape index (κ2) is 8.63. The van der Waals surface area contributed by atoms with Crippen LogP contribution in [0.15, 0.2) is 0 Å². The molecule has 0 aromatic rings. The first-order valence-electron chi connectivity index (χ1n) is 6.31. The van der Waals surface area contributed by atoms with Gasteiger partial charge in [0.25, 0.3) is 0 Å². The quantitative estimate of drug-likeness (QED) is 0.612. The summed E-state index contributed by atoms with van der Waals surface area (Å²) in [5.74, 6) is -1.85. The number of esters is 1. The minimum Gasteiger partial charge on any atom is -0.481 e. The molecule has 110 valence electrons. The van der Waals surface area contributed by atoms with Crippen LogP contribution in [0.2, 0.25) is 0 Å². The second-order valence-electron chi connectivity index (χ2n) is 5.00. The average molecular weight is 274 g/mol. The topological polar surface area (TPSA) is 101 Å². The monoisotopic (exact) mass is 274 g/mol. The Morgan fingerprint density at radius 1 is 1.00 bits per heavy atom. The molecule has 0 amide bonds. The zero-order valence-corrected chi connectivity index (χ0v) is 11.6. The molecule has 0 aromatic heterocycles. The van der Waals surface area contributed by atoms with Gasteiger partial charge in [0.05, 0.1) is 12.5 Å². The van der Waals surface area contributed by atoms with Crippen molar-refractivity contribution in [3.8, 4) is 0 Å². The first kappa shape index (κ1) is 17.6. The van der Waals surface area contributed by atoms with E-state index in [9.17, 15) is 14.4 Å². The Labute approximate surface area is 112 Å². The molecule has 0 aromatic carbocycles. The molecular weight excluding hydrogens is 252 g/mol. The number of hydrogen-bond donors (Lipinski definition) is 2. The van der Waals surface area contributed by atoms with Gasteiger partial charge in [-0.25, -0.2) is 0 Å². The van der Waals surface area contributed by atoms with Crippen molar-refractivity contribution in [1.82, 2.24) is 0 Å². The zero-order chi connectivity index (χ0) is 15.0. The van der Waals surface area contributed by atoms with Crippen LogP contribution in [0.4, 0.5) is 0 Å². The van der Waals surface area contributed by atoms with E-state index in [2.05, 4.69) is 0 Å². The molecule has 0 saturated carbocycles. The summed E-state index contributed by atoms with van der Waals surface area (Å²) in [6, 6.07) is 0. The molecule has 0 radical (unpaired) electrons. The Kier molecular flexibility index (Phi) is 7.98. The number of hydrogen-bond acceptors (Lipinski definition) is 5. The van der Waals surface area contributed by atoms with E-state index in [1.54, 1.807) is 13.8 Å². The lowest BCUT2D eigenvalue weighted by Crippen LogP contribution is -2.22. The third-order valence-corrected chi connectivity index (χ3v) is 2.41. The number of carbonyl (C=O) groups excluding carboxylic acids is 2. The van der Waals surface area contributed by atoms with Crippen molar-refractivity contribution in [3.05, 3.63) is 0 Å². The summed E-state index contributed by atoms with van der Waals surface area (Å²) in [5, 5.41) is 17.6. The van der Waals surface area contributed by atoms with Crippen LogP contribution in [0.3, 0.4) is 0 Å². The highest BCUT2D eigenvalue weighted by atomic mass is 16.5. The maximum absolute atomic E-state index is 11.6. The number of ether oxygens (including phenoxy) is 1. The number of carbonyl (C=O) groups is 3. The number of ketones is 1. The fourth-order valence-electron chi connectivity index (χ4n) is 1.72. The molecule has 3 atom stereocenters. The van der Waals surface area contributed by atoms with Crippen molar-refractivity contribution >= 4 is 17.7 Å². The van der Waals surface area contributed by atoms with Crippen LogP contribution in [0.1, 0.15) is 46.5 Å². The lowest BCUT2D eigenvalue weighted by Gasteiger charge is -2.14. The van der Waals surface area contributed by atoms with Crippen molar-refractivity contribution in [2.24, 2.45) is 5.92 Å². The van der Waals surface area contributed by atoms with Crippen LogP contribution in [-0.2, 0) is 19.1 Å². The van der Waals surface area contributed by atoms with E-state index in [0.29, 0.717) is 0 Å². The number of rotatable bonds is 9. The summed E-state index contributed by atoms with van der Waals surface area (Å²) in [7, 11) is 0. The maximum atomic E-state index is 11.6. The van der Waals surface area contributed by atoms with Gasteiger partial charge in [-0.15, -0.1) is 0 Å². The van der Waals surface area contributed by atoms with E-state index in [4.69, 9.17) is 14.9 Å². The highest BCUT2D eigenvalue weighted by molar-refractivity contribution is 5.80. The number of aliphatic carboxylic acids is 1. The third kappa shape index (κ3) is 10.2. The van der Waals surface area contributed by atoms with E-state index in [1.807, 2.05) is 0 Å². The Balaban J connectivity index is 3.98. The van der Waals surface area contributed by atoms with Crippen LogP contribution in [-0.4, -0.2) is 40.1 Å². The van der Waals surface area contributed by atoms with Crippen LogP contribution in [0.25, 0.3) is 0 Å². The highest BCUT2D eigenvalue weighted by Crippen LogP contribution is 2.12. The third-order valence-electron chi connectivity index (χ3n) is 2.41. The predicted octanol–water partition coefficient (Wildman–Crippen LogP) is 1.15. The summed E-state index contributed by atoms with van der Waals surface area (Å²) in [6.07, 6.45) is -1.27. The molecule has 6 heteroatoms. The number of aliphatic hydroxyl groups excluding tert-OH is 1. The number of carboxylic acid groups (broad SMARTS) is 1. The van der Waals surface area contributed by atoms with Gasteiger partial charge in [-0.2, -0.15) is 0 Å². The van der Waals surface area contributed by atoms with Gasteiger partial charge in [0, 0.05) is 19.3 Å². The Bertz CT molecular complexity index is 323. The minimum atomic E-state index is -0.934. The van der Waals surface area contributed by atoms with Crippen molar-refractivity contribution in [1.29, 1.82) is 0 Å². The van der Waals surface area contributed by atoms with Gasteiger partial charge in [-0.05, 0) is 19.8 Å². The van der Waals surface area contributed by atoms with E-state index in [0.717, 1.165) is 0 Å². The van der Waals surface area contributed by atoms with Gasteiger partial charge >= 0.3 is 11.9 Å².